The minimum atomic E-state index is 0.170. The van der Waals surface area contributed by atoms with E-state index in [0.29, 0.717) is 12.0 Å². The maximum atomic E-state index is 13.4. The summed E-state index contributed by atoms with van der Waals surface area (Å²) >= 11 is 0. The number of piperidine rings is 1. The van der Waals surface area contributed by atoms with Crippen LogP contribution in [0.15, 0.2) is 16.6 Å². The Balaban J connectivity index is 1.51. The number of benzene rings is 1. The standard InChI is InChI=1S/C27H35NO3/c1-17(15-25(29)28-14-8-10-19-9-4-6-12-23(19)28)21-16-22-20-11-5-7-13-24(20)31-27(22)18(2)26(21)30-3/h15-16,19,23H,4-14H2,1-3H3/b17-15+. The maximum absolute atomic E-state index is 13.4. The number of carbonyl (C=O) groups excluding carboxylic acids is 1. The minimum Gasteiger partial charge on any atom is -0.496 e. The summed E-state index contributed by atoms with van der Waals surface area (Å²) in [5.74, 6) is 2.83. The van der Waals surface area contributed by atoms with E-state index in [-0.39, 0.29) is 5.91 Å². The van der Waals surface area contributed by atoms with E-state index >= 15 is 0 Å². The normalized spacial score (nSPS) is 24.1. The van der Waals surface area contributed by atoms with Gasteiger partial charge in [-0.25, -0.2) is 0 Å². The van der Waals surface area contributed by atoms with Crippen molar-refractivity contribution in [1.82, 2.24) is 4.90 Å². The van der Waals surface area contributed by atoms with E-state index in [4.69, 9.17) is 9.15 Å². The second kappa shape index (κ2) is 8.37. The van der Waals surface area contributed by atoms with E-state index in [9.17, 15) is 4.79 Å². The molecule has 1 amide bonds. The molecule has 2 heterocycles. The van der Waals surface area contributed by atoms with Crippen molar-refractivity contribution in [3.8, 4) is 5.75 Å². The first-order valence-electron chi connectivity index (χ1n) is 12.2. The molecule has 31 heavy (non-hydrogen) atoms. The van der Waals surface area contributed by atoms with Gasteiger partial charge in [0.05, 0.1) is 7.11 Å². The van der Waals surface area contributed by atoms with E-state index in [2.05, 4.69) is 24.8 Å². The zero-order valence-corrected chi connectivity index (χ0v) is 19.3. The fraction of sp³-hybridized carbons (Fsp3) is 0.593. The average Bonchev–Trinajstić information content (AvgIpc) is 3.17. The Morgan fingerprint density at radius 2 is 1.90 bits per heavy atom. The van der Waals surface area contributed by atoms with E-state index in [1.54, 1.807) is 7.11 Å². The van der Waals surface area contributed by atoms with Gasteiger partial charge in [-0.15, -0.1) is 0 Å². The summed E-state index contributed by atoms with van der Waals surface area (Å²) in [6.07, 6.45) is 13.8. The van der Waals surface area contributed by atoms with Crippen LogP contribution >= 0.6 is 0 Å². The van der Waals surface area contributed by atoms with Gasteiger partial charge in [0.1, 0.15) is 17.1 Å². The summed E-state index contributed by atoms with van der Waals surface area (Å²) in [7, 11) is 1.72. The minimum absolute atomic E-state index is 0.170. The summed E-state index contributed by atoms with van der Waals surface area (Å²) in [6.45, 7) is 5.02. The van der Waals surface area contributed by atoms with Crippen LogP contribution in [0.25, 0.3) is 16.5 Å². The highest BCUT2D eigenvalue weighted by atomic mass is 16.5. The molecule has 3 aliphatic rings. The van der Waals surface area contributed by atoms with Crippen LogP contribution in [0.3, 0.4) is 0 Å². The molecular formula is C27H35NO3. The van der Waals surface area contributed by atoms with Crippen LogP contribution in [0.4, 0.5) is 0 Å². The Morgan fingerprint density at radius 3 is 2.74 bits per heavy atom. The van der Waals surface area contributed by atoms with Crippen molar-refractivity contribution in [2.75, 3.05) is 13.7 Å². The Morgan fingerprint density at radius 1 is 1.13 bits per heavy atom. The van der Waals surface area contributed by atoms with Crippen molar-refractivity contribution in [3.63, 3.8) is 0 Å². The van der Waals surface area contributed by atoms with Crippen LogP contribution in [-0.2, 0) is 17.6 Å². The van der Waals surface area contributed by atoms with Crippen LogP contribution in [-0.4, -0.2) is 30.5 Å². The average molecular weight is 422 g/mol. The predicted molar refractivity (Wildman–Crippen MR) is 124 cm³/mol. The SMILES string of the molecule is COc1c(/C(C)=C/C(=O)N2CCCC3CCCCC32)cc2c3c(oc2c1C)CCCC3. The van der Waals surface area contributed by atoms with Crippen molar-refractivity contribution >= 4 is 22.4 Å². The molecule has 2 aromatic rings. The van der Waals surface area contributed by atoms with Gasteiger partial charge < -0.3 is 14.1 Å². The Bertz CT molecular complexity index is 1030. The zero-order chi connectivity index (χ0) is 21.5. The smallest absolute Gasteiger partial charge is 0.247 e. The molecule has 2 aliphatic carbocycles. The molecule has 4 heteroatoms. The fourth-order valence-electron chi connectivity index (χ4n) is 6.34. The molecule has 2 fully saturated rings. The van der Waals surface area contributed by atoms with Gasteiger partial charge in [-0.3, -0.25) is 4.79 Å². The second-order valence-corrected chi connectivity index (χ2v) is 9.78. The molecule has 4 nitrogen and oxygen atoms in total. The second-order valence-electron chi connectivity index (χ2n) is 9.78. The van der Waals surface area contributed by atoms with Gasteiger partial charge in [-0.2, -0.15) is 0 Å². The van der Waals surface area contributed by atoms with Crippen LogP contribution in [0.5, 0.6) is 5.75 Å². The topological polar surface area (TPSA) is 42.7 Å². The van der Waals surface area contributed by atoms with Crippen molar-refractivity contribution in [3.05, 3.63) is 34.6 Å². The number of methoxy groups -OCH3 is 1. The third kappa shape index (κ3) is 3.58. The number of fused-ring (bicyclic) bond motifs is 4. The zero-order valence-electron chi connectivity index (χ0n) is 19.3. The molecule has 0 radical (unpaired) electrons. The molecule has 1 aromatic heterocycles. The van der Waals surface area contributed by atoms with Crippen molar-refractivity contribution in [2.45, 2.75) is 84.1 Å². The van der Waals surface area contributed by atoms with E-state index in [1.807, 2.05) is 6.08 Å². The Kier molecular flexibility index (Phi) is 5.58. The number of rotatable bonds is 3. The lowest BCUT2D eigenvalue weighted by molar-refractivity contribution is -0.132. The van der Waals surface area contributed by atoms with Crippen LogP contribution < -0.4 is 4.74 Å². The van der Waals surface area contributed by atoms with Crippen LogP contribution in [0.1, 0.15) is 80.7 Å². The highest BCUT2D eigenvalue weighted by molar-refractivity contribution is 5.98. The predicted octanol–water partition coefficient (Wildman–Crippen LogP) is 6.21. The number of amides is 1. The summed E-state index contributed by atoms with van der Waals surface area (Å²) in [4.78, 5) is 15.5. The van der Waals surface area contributed by atoms with Gasteiger partial charge in [0.2, 0.25) is 5.91 Å². The number of nitrogens with zero attached hydrogens (tertiary/aromatic N) is 1. The number of furan rings is 1. The maximum Gasteiger partial charge on any atom is 0.247 e. The molecule has 2 atom stereocenters. The molecule has 5 rings (SSSR count). The van der Waals surface area contributed by atoms with Crippen LogP contribution in [0.2, 0.25) is 0 Å². The molecule has 1 aromatic carbocycles. The third-order valence-corrected chi connectivity index (χ3v) is 7.92. The number of aryl methyl sites for hydroxylation is 3. The lowest BCUT2D eigenvalue weighted by Crippen LogP contribution is -2.49. The first-order chi connectivity index (χ1) is 15.1. The first kappa shape index (κ1) is 20.7. The largest absolute Gasteiger partial charge is 0.496 e. The van der Waals surface area contributed by atoms with Crippen molar-refractivity contribution < 1.29 is 13.9 Å². The lowest BCUT2D eigenvalue weighted by Gasteiger charge is -2.43. The van der Waals surface area contributed by atoms with Gasteiger partial charge in [0, 0.05) is 47.2 Å². The number of hydrogen-bond donors (Lipinski definition) is 0. The summed E-state index contributed by atoms with van der Waals surface area (Å²) < 4.78 is 12.1. The summed E-state index contributed by atoms with van der Waals surface area (Å²) in [6, 6.07) is 2.64. The summed E-state index contributed by atoms with van der Waals surface area (Å²) in [5, 5.41) is 1.20. The van der Waals surface area contributed by atoms with Crippen LogP contribution in [0, 0.1) is 12.8 Å². The van der Waals surface area contributed by atoms with Gasteiger partial charge in [0.15, 0.2) is 0 Å². The molecule has 0 bridgehead atoms. The summed E-state index contributed by atoms with van der Waals surface area (Å²) in [5.41, 5.74) is 5.35. The molecular weight excluding hydrogens is 386 g/mol. The highest BCUT2D eigenvalue weighted by Crippen LogP contribution is 2.41. The molecule has 0 N–H and O–H groups in total. The van der Waals surface area contributed by atoms with Gasteiger partial charge >= 0.3 is 0 Å². The molecule has 166 valence electrons. The molecule has 1 aliphatic heterocycles. The number of likely N-dealkylation sites (tertiary alicyclic amines) is 1. The van der Waals surface area contributed by atoms with Crippen molar-refractivity contribution in [1.29, 1.82) is 0 Å². The van der Waals surface area contributed by atoms with Crippen molar-refractivity contribution in [2.24, 2.45) is 5.92 Å². The Hall–Kier alpha value is -2.23. The monoisotopic (exact) mass is 421 g/mol. The fourth-order valence-corrected chi connectivity index (χ4v) is 6.34. The quantitative estimate of drug-likeness (QED) is 0.553. The first-order valence-corrected chi connectivity index (χ1v) is 12.2. The lowest BCUT2D eigenvalue weighted by atomic mass is 9.78. The number of hydrogen-bond acceptors (Lipinski definition) is 3. The Labute approximate surface area is 185 Å². The molecule has 2 unspecified atom stereocenters. The number of ether oxygens (including phenoxy) is 1. The molecule has 1 saturated heterocycles. The molecule has 0 spiro atoms. The van der Waals surface area contributed by atoms with E-state index in [0.717, 1.165) is 59.6 Å². The molecule has 1 saturated carbocycles. The van der Waals surface area contributed by atoms with Gasteiger partial charge in [0.25, 0.3) is 0 Å². The van der Waals surface area contributed by atoms with Gasteiger partial charge in [-0.05, 0) is 76.4 Å². The van der Waals surface area contributed by atoms with E-state index < -0.39 is 0 Å². The number of allylic oxidation sites excluding steroid dienone is 1. The third-order valence-electron chi connectivity index (χ3n) is 7.92. The highest BCUT2D eigenvalue weighted by Gasteiger charge is 2.35. The van der Waals surface area contributed by atoms with E-state index in [1.165, 1.54) is 55.9 Å². The number of carbonyl (C=O) groups is 1. The van der Waals surface area contributed by atoms with Gasteiger partial charge in [-0.1, -0.05) is 12.8 Å².